The van der Waals surface area contributed by atoms with E-state index in [-0.39, 0.29) is 5.91 Å². The van der Waals surface area contributed by atoms with E-state index in [2.05, 4.69) is 15.9 Å². The van der Waals surface area contributed by atoms with Gasteiger partial charge in [-0.25, -0.2) is 0 Å². The molecule has 0 bridgehead atoms. The summed E-state index contributed by atoms with van der Waals surface area (Å²) in [4.78, 5) is 13.4. The molecule has 1 fully saturated rings. The third kappa shape index (κ3) is 1.86. The van der Waals surface area contributed by atoms with E-state index in [9.17, 15) is 4.79 Å². The number of para-hydroxylation sites is 1. The molecular weight excluding hydrogens is 258 g/mol. The molecule has 1 aromatic carbocycles. The Morgan fingerprint density at radius 1 is 1.47 bits per heavy atom. The predicted octanol–water partition coefficient (Wildman–Crippen LogP) is 2.58. The number of carbonyl (C=O) groups excluding carboxylic acids is 1. The Kier molecular flexibility index (Phi) is 2.95. The van der Waals surface area contributed by atoms with Gasteiger partial charge in [0.2, 0.25) is 5.91 Å². The molecule has 1 aromatic rings. The number of halogens is 1. The summed E-state index contributed by atoms with van der Waals surface area (Å²) in [6.07, 6.45) is 1.56. The van der Waals surface area contributed by atoms with Crippen LogP contribution in [0.5, 0.6) is 5.75 Å². The highest BCUT2D eigenvalue weighted by atomic mass is 79.9. The third-order valence-electron chi connectivity index (χ3n) is 2.51. The normalized spacial score (nSPS) is 15.9. The molecule has 0 unspecified atom stereocenters. The fourth-order valence-corrected chi connectivity index (χ4v) is 2.33. The van der Waals surface area contributed by atoms with E-state index in [0.717, 1.165) is 28.9 Å². The summed E-state index contributed by atoms with van der Waals surface area (Å²) >= 11 is 3.41. The van der Waals surface area contributed by atoms with Crippen LogP contribution in [0.15, 0.2) is 22.7 Å². The fourth-order valence-electron chi connectivity index (χ4n) is 1.81. The average Bonchev–Trinajstić information content (AvgIpc) is 2.64. The Bertz CT molecular complexity index is 392. The Hall–Kier alpha value is -1.03. The monoisotopic (exact) mass is 269 g/mol. The van der Waals surface area contributed by atoms with Crippen molar-refractivity contribution in [1.82, 2.24) is 0 Å². The van der Waals surface area contributed by atoms with Gasteiger partial charge in [-0.2, -0.15) is 0 Å². The molecule has 1 aliphatic rings. The second kappa shape index (κ2) is 4.23. The molecule has 15 heavy (non-hydrogen) atoms. The molecular formula is C11H12BrNO2. The summed E-state index contributed by atoms with van der Waals surface area (Å²) in [5, 5.41) is 0. The van der Waals surface area contributed by atoms with Crippen LogP contribution in [-0.2, 0) is 4.79 Å². The maximum absolute atomic E-state index is 11.6. The summed E-state index contributed by atoms with van der Waals surface area (Å²) < 4.78 is 6.17. The van der Waals surface area contributed by atoms with Crippen LogP contribution < -0.4 is 9.64 Å². The van der Waals surface area contributed by atoms with E-state index >= 15 is 0 Å². The van der Waals surface area contributed by atoms with E-state index < -0.39 is 0 Å². The molecule has 1 aliphatic heterocycles. The first-order valence-corrected chi connectivity index (χ1v) is 5.66. The fraction of sp³-hybridized carbons (Fsp3) is 0.364. The van der Waals surface area contributed by atoms with Crippen LogP contribution in [0.25, 0.3) is 0 Å². The minimum Gasteiger partial charge on any atom is -0.493 e. The van der Waals surface area contributed by atoms with Crippen molar-refractivity contribution >= 4 is 27.5 Å². The Morgan fingerprint density at radius 2 is 2.27 bits per heavy atom. The summed E-state index contributed by atoms with van der Waals surface area (Å²) in [6.45, 7) is 0.783. The molecule has 0 saturated carbocycles. The van der Waals surface area contributed by atoms with Crippen molar-refractivity contribution in [3.63, 3.8) is 0 Å². The average molecular weight is 270 g/mol. The number of hydrogen-bond donors (Lipinski definition) is 0. The van der Waals surface area contributed by atoms with E-state index in [0.29, 0.717) is 6.42 Å². The zero-order chi connectivity index (χ0) is 10.8. The number of methoxy groups -OCH3 is 1. The zero-order valence-corrected chi connectivity index (χ0v) is 10.1. The molecule has 0 spiro atoms. The molecule has 0 N–H and O–H groups in total. The van der Waals surface area contributed by atoms with Gasteiger partial charge in [0.15, 0.2) is 5.75 Å². The quantitative estimate of drug-likeness (QED) is 0.826. The van der Waals surface area contributed by atoms with Gasteiger partial charge in [0.25, 0.3) is 0 Å². The van der Waals surface area contributed by atoms with Crippen molar-refractivity contribution in [3.8, 4) is 5.75 Å². The topological polar surface area (TPSA) is 29.5 Å². The SMILES string of the molecule is COc1c(Br)cccc1N1CCCC1=O. The number of amides is 1. The zero-order valence-electron chi connectivity index (χ0n) is 8.50. The molecule has 0 aromatic heterocycles. The second-order valence-electron chi connectivity index (χ2n) is 3.44. The minimum absolute atomic E-state index is 0.173. The summed E-state index contributed by atoms with van der Waals surface area (Å²) in [5.74, 6) is 0.902. The van der Waals surface area contributed by atoms with Crippen molar-refractivity contribution < 1.29 is 9.53 Å². The minimum atomic E-state index is 0.173. The van der Waals surface area contributed by atoms with Crippen molar-refractivity contribution in [2.45, 2.75) is 12.8 Å². The largest absolute Gasteiger partial charge is 0.493 e. The number of carbonyl (C=O) groups is 1. The molecule has 1 amide bonds. The van der Waals surface area contributed by atoms with Gasteiger partial charge in [-0.3, -0.25) is 4.79 Å². The van der Waals surface area contributed by atoms with Crippen molar-refractivity contribution in [1.29, 1.82) is 0 Å². The molecule has 0 radical (unpaired) electrons. The number of ether oxygens (including phenoxy) is 1. The van der Waals surface area contributed by atoms with E-state index in [4.69, 9.17) is 4.74 Å². The molecule has 3 nitrogen and oxygen atoms in total. The van der Waals surface area contributed by atoms with Gasteiger partial charge in [0, 0.05) is 13.0 Å². The Balaban J connectivity index is 2.42. The maximum atomic E-state index is 11.6. The Labute approximate surface area is 97.2 Å². The van der Waals surface area contributed by atoms with Crippen LogP contribution in [0, 0.1) is 0 Å². The molecule has 1 saturated heterocycles. The highest BCUT2D eigenvalue weighted by Crippen LogP contribution is 2.37. The lowest BCUT2D eigenvalue weighted by Gasteiger charge is -2.19. The lowest BCUT2D eigenvalue weighted by Crippen LogP contribution is -2.24. The van der Waals surface area contributed by atoms with Gasteiger partial charge in [-0.05, 0) is 34.5 Å². The van der Waals surface area contributed by atoms with Gasteiger partial charge in [0.1, 0.15) is 0 Å². The molecule has 80 valence electrons. The first kappa shape index (κ1) is 10.5. The number of anilines is 1. The van der Waals surface area contributed by atoms with Crippen LogP contribution in [0.4, 0.5) is 5.69 Å². The molecule has 1 heterocycles. The predicted molar refractivity (Wildman–Crippen MR) is 62.3 cm³/mol. The van der Waals surface area contributed by atoms with Crippen molar-refractivity contribution in [2.24, 2.45) is 0 Å². The molecule has 0 aliphatic carbocycles. The van der Waals surface area contributed by atoms with E-state index in [1.54, 1.807) is 12.0 Å². The molecule has 4 heteroatoms. The highest BCUT2D eigenvalue weighted by molar-refractivity contribution is 9.10. The summed E-state index contributed by atoms with van der Waals surface area (Å²) in [5.41, 5.74) is 0.856. The molecule has 0 atom stereocenters. The summed E-state index contributed by atoms with van der Waals surface area (Å²) in [6, 6.07) is 5.73. The number of benzene rings is 1. The van der Waals surface area contributed by atoms with Crippen LogP contribution >= 0.6 is 15.9 Å². The van der Waals surface area contributed by atoms with Gasteiger partial charge in [-0.1, -0.05) is 6.07 Å². The smallest absolute Gasteiger partial charge is 0.227 e. The molecule has 2 rings (SSSR count). The highest BCUT2D eigenvalue weighted by Gasteiger charge is 2.24. The number of nitrogens with zero attached hydrogens (tertiary/aromatic N) is 1. The maximum Gasteiger partial charge on any atom is 0.227 e. The van der Waals surface area contributed by atoms with Crippen LogP contribution in [0.1, 0.15) is 12.8 Å². The lowest BCUT2D eigenvalue weighted by atomic mass is 10.2. The Morgan fingerprint density at radius 3 is 2.87 bits per heavy atom. The first-order chi connectivity index (χ1) is 7.24. The van der Waals surface area contributed by atoms with Crippen LogP contribution in [0.3, 0.4) is 0 Å². The number of rotatable bonds is 2. The van der Waals surface area contributed by atoms with Gasteiger partial charge in [-0.15, -0.1) is 0 Å². The first-order valence-electron chi connectivity index (χ1n) is 4.87. The lowest BCUT2D eigenvalue weighted by molar-refractivity contribution is -0.117. The standard InChI is InChI=1S/C11H12BrNO2/c1-15-11-8(12)4-2-5-9(11)13-7-3-6-10(13)14/h2,4-5H,3,6-7H2,1H3. The second-order valence-corrected chi connectivity index (χ2v) is 4.30. The van der Waals surface area contributed by atoms with Crippen molar-refractivity contribution in [2.75, 3.05) is 18.6 Å². The summed E-state index contributed by atoms with van der Waals surface area (Å²) in [7, 11) is 1.62. The van der Waals surface area contributed by atoms with Crippen molar-refractivity contribution in [3.05, 3.63) is 22.7 Å². The van der Waals surface area contributed by atoms with Crippen LogP contribution in [-0.4, -0.2) is 19.6 Å². The van der Waals surface area contributed by atoms with Gasteiger partial charge in [0.05, 0.1) is 17.3 Å². The van der Waals surface area contributed by atoms with Gasteiger partial charge >= 0.3 is 0 Å². The third-order valence-corrected chi connectivity index (χ3v) is 3.14. The van der Waals surface area contributed by atoms with E-state index in [1.807, 2.05) is 18.2 Å². The van der Waals surface area contributed by atoms with E-state index in [1.165, 1.54) is 0 Å². The van der Waals surface area contributed by atoms with Gasteiger partial charge < -0.3 is 9.64 Å². The number of hydrogen-bond acceptors (Lipinski definition) is 2. The van der Waals surface area contributed by atoms with Crippen LogP contribution in [0.2, 0.25) is 0 Å².